The maximum Gasteiger partial charge on any atom is 0.508 e. The molecule has 1 saturated heterocycles. The zero-order valence-corrected chi connectivity index (χ0v) is 21.1. The third-order valence-electron chi connectivity index (χ3n) is 4.01. The molecule has 0 aliphatic carbocycles. The minimum absolute atomic E-state index is 0.154. The zero-order valence-electron chi connectivity index (χ0n) is 15.7. The van der Waals surface area contributed by atoms with E-state index in [-0.39, 0.29) is 29.2 Å². The summed E-state index contributed by atoms with van der Waals surface area (Å²) in [6.07, 6.45) is -3.14. The van der Waals surface area contributed by atoms with Gasteiger partial charge in [0, 0.05) is 15.3 Å². The molecular formula is C13H23N4O8P5. The van der Waals surface area contributed by atoms with Crippen LogP contribution in [0.15, 0.2) is 16.6 Å². The number of rotatable bonds is 7. The standard InChI is InChI=1S/C13H23N4O8P5/c1-4(18)14-8-5(15-12(16-29-27)17-30-28)2-6(11(20)25-26)23-10(8)9(19)7-3-22-13(21)24-7/h2,5,7-10,19,29-30H,3,26-28H2,1H3,(H,14,18)(H2,15,16,17)/t5-,7+,8+,9+,10+/m0/s1. The molecule has 1 fully saturated rings. The molecule has 0 aromatic carbocycles. The first-order valence-corrected chi connectivity index (χ1v) is 14.4. The molecule has 10 atom stereocenters. The Balaban J connectivity index is 2.40. The van der Waals surface area contributed by atoms with E-state index in [2.05, 4.69) is 42.9 Å². The number of hydrogen-bond donors (Lipinski definition) is 4. The van der Waals surface area contributed by atoms with Crippen LogP contribution in [0.2, 0.25) is 0 Å². The van der Waals surface area contributed by atoms with Crippen molar-refractivity contribution in [3.05, 3.63) is 11.8 Å². The lowest BCUT2D eigenvalue weighted by molar-refractivity contribution is -0.140. The van der Waals surface area contributed by atoms with Gasteiger partial charge in [-0.05, 0) is 14.5 Å². The van der Waals surface area contributed by atoms with Crippen molar-refractivity contribution >= 4 is 68.2 Å². The highest BCUT2D eigenvalue weighted by Crippen LogP contribution is 2.27. The molecule has 0 bridgehead atoms. The molecule has 0 aromatic rings. The van der Waals surface area contributed by atoms with Gasteiger partial charge in [-0.3, -0.25) is 4.79 Å². The van der Waals surface area contributed by atoms with Crippen molar-refractivity contribution in [2.45, 2.75) is 37.3 Å². The Bertz CT molecular complexity index is 726. The second kappa shape index (κ2) is 12.2. The molecule has 1 amide bonds. The smallest absolute Gasteiger partial charge is 0.478 e. The van der Waals surface area contributed by atoms with E-state index in [4.69, 9.17) is 14.2 Å². The van der Waals surface area contributed by atoms with Crippen molar-refractivity contribution < 1.29 is 38.2 Å². The summed E-state index contributed by atoms with van der Waals surface area (Å²) in [5, 5.41) is 19.6. The summed E-state index contributed by atoms with van der Waals surface area (Å²) in [5.74, 6) is -0.987. The van der Waals surface area contributed by atoms with Crippen molar-refractivity contribution in [3.63, 3.8) is 0 Å². The molecule has 0 saturated carbocycles. The van der Waals surface area contributed by atoms with E-state index in [9.17, 15) is 19.5 Å². The first-order chi connectivity index (χ1) is 14.3. The quantitative estimate of drug-likeness (QED) is 0.152. The summed E-state index contributed by atoms with van der Waals surface area (Å²) in [6, 6.07) is -1.58. The van der Waals surface area contributed by atoms with Gasteiger partial charge in [-0.25, -0.2) is 14.4 Å². The number of aliphatic hydroxyl groups excluding tert-OH is 1. The Hall–Kier alpha value is -0.870. The first kappa shape index (κ1) is 25.4. The van der Waals surface area contributed by atoms with Crippen molar-refractivity contribution in [2.75, 3.05) is 6.61 Å². The summed E-state index contributed by atoms with van der Waals surface area (Å²) >= 11 is 0. The Kier molecular flexibility index (Phi) is 10.4. The second-order valence-electron chi connectivity index (χ2n) is 5.98. The number of guanidine groups is 1. The van der Waals surface area contributed by atoms with Crippen molar-refractivity contribution in [3.8, 4) is 0 Å². The molecule has 168 valence electrons. The summed E-state index contributed by atoms with van der Waals surface area (Å²) in [5.41, 5.74) is 0. The Labute approximate surface area is 183 Å². The number of carbonyl (C=O) groups excluding carboxylic acids is 3. The molecule has 2 aliphatic heterocycles. The third-order valence-corrected chi connectivity index (χ3v) is 5.78. The molecule has 0 radical (unpaired) electrons. The molecule has 12 nitrogen and oxygen atoms in total. The Morgan fingerprint density at radius 1 is 1.37 bits per heavy atom. The lowest BCUT2D eigenvalue weighted by Gasteiger charge is -2.40. The highest BCUT2D eigenvalue weighted by Gasteiger charge is 2.47. The molecule has 0 spiro atoms. The molecule has 4 N–H and O–H groups in total. The van der Waals surface area contributed by atoms with Gasteiger partial charge in [0.2, 0.25) is 11.7 Å². The zero-order chi connectivity index (χ0) is 22.3. The minimum Gasteiger partial charge on any atom is -0.478 e. The molecular weight excluding hydrogens is 495 g/mol. The van der Waals surface area contributed by atoms with Crippen LogP contribution in [-0.2, 0) is 28.3 Å². The van der Waals surface area contributed by atoms with Crippen LogP contribution in [-0.4, -0.2) is 66.1 Å². The van der Waals surface area contributed by atoms with Gasteiger partial charge >= 0.3 is 12.1 Å². The van der Waals surface area contributed by atoms with Crippen LogP contribution in [0.1, 0.15) is 6.92 Å². The average molecular weight is 518 g/mol. The van der Waals surface area contributed by atoms with Gasteiger partial charge in [-0.1, -0.05) is 17.9 Å². The lowest BCUT2D eigenvalue weighted by atomic mass is 9.92. The van der Waals surface area contributed by atoms with Crippen LogP contribution in [0.3, 0.4) is 0 Å². The van der Waals surface area contributed by atoms with Gasteiger partial charge in [-0.15, -0.1) is 0 Å². The van der Waals surface area contributed by atoms with E-state index in [0.717, 1.165) is 0 Å². The van der Waals surface area contributed by atoms with E-state index >= 15 is 0 Å². The van der Waals surface area contributed by atoms with Gasteiger partial charge in [-0.2, -0.15) is 0 Å². The van der Waals surface area contributed by atoms with E-state index in [0.29, 0.717) is 5.96 Å². The average Bonchev–Trinajstić information content (AvgIpc) is 3.14. The lowest BCUT2D eigenvalue weighted by Crippen LogP contribution is -2.64. The number of ether oxygens (including phenoxy) is 3. The fraction of sp³-hybridized carbons (Fsp3) is 0.538. The maximum absolute atomic E-state index is 12.1. The van der Waals surface area contributed by atoms with Crippen molar-refractivity contribution in [1.82, 2.24) is 15.7 Å². The number of nitrogens with one attached hydrogen (secondary N) is 3. The van der Waals surface area contributed by atoms with Crippen LogP contribution in [0.5, 0.6) is 0 Å². The number of aliphatic hydroxyl groups is 1. The molecule has 2 aliphatic rings. The van der Waals surface area contributed by atoms with Gasteiger partial charge in [0.1, 0.15) is 12.7 Å². The number of nitrogens with zero attached hydrogens (tertiary/aromatic N) is 1. The molecule has 2 heterocycles. The van der Waals surface area contributed by atoms with Gasteiger partial charge in [0.05, 0.1) is 21.6 Å². The van der Waals surface area contributed by atoms with Crippen molar-refractivity contribution in [1.29, 1.82) is 0 Å². The van der Waals surface area contributed by atoms with Gasteiger partial charge < -0.3 is 39.6 Å². The van der Waals surface area contributed by atoms with Crippen molar-refractivity contribution in [2.24, 2.45) is 4.76 Å². The minimum atomic E-state index is -1.42. The molecule has 0 aromatic heterocycles. The number of hydrogen-bond acceptors (Lipinski definition) is 9. The predicted octanol–water partition coefficient (Wildman–Crippen LogP) is -0.326. The fourth-order valence-electron chi connectivity index (χ4n) is 2.83. The van der Waals surface area contributed by atoms with Crippen LogP contribution >= 0.6 is 44.2 Å². The van der Waals surface area contributed by atoms with Crippen LogP contribution < -0.4 is 15.7 Å². The third kappa shape index (κ3) is 6.82. The first-order valence-electron chi connectivity index (χ1n) is 8.40. The number of carbonyl (C=O) groups is 3. The highest BCUT2D eigenvalue weighted by atomic mass is 32.0. The number of amides is 1. The summed E-state index contributed by atoms with van der Waals surface area (Å²) in [4.78, 5) is 35.3. The van der Waals surface area contributed by atoms with Crippen LogP contribution in [0, 0.1) is 0 Å². The summed E-state index contributed by atoms with van der Waals surface area (Å²) in [7, 11) is 7.22. The monoisotopic (exact) mass is 518 g/mol. The largest absolute Gasteiger partial charge is 0.508 e. The van der Waals surface area contributed by atoms with Gasteiger partial charge in [0.15, 0.2) is 18.2 Å². The maximum atomic E-state index is 12.1. The number of cyclic esters (lactones) is 2. The molecule has 17 heteroatoms. The summed E-state index contributed by atoms with van der Waals surface area (Å²) < 4.78 is 24.3. The molecule has 30 heavy (non-hydrogen) atoms. The second-order valence-corrected chi connectivity index (χ2v) is 8.88. The SMILES string of the molecule is CC(=O)N[C@H]1[C@H]([C@H](O)[C@H]2COC(=O)O2)OC(C(=O)OP)=C[C@@H]1N/C(=N/PP)NPP. The van der Waals surface area contributed by atoms with Gasteiger partial charge in [0.25, 0.3) is 0 Å². The Morgan fingerprint density at radius 3 is 2.63 bits per heavy atom. The normalized spacial score (nSPS) is 27.8. The Morgan fingerprint density at radius 2 is 2.10 bits per heavy atom. The van der Waals surface area contributed by atoms with Crippen LogP contribution in [0.4, 0.5) is 4.79 Å². The summed E-state index contributed by atoms with van der Waals surface area (Å²) in [6.45, 7) is 1.10. The van der Waals surface area contributed by atoms with E-state index < -0.39 is 48.4 Å². The highest BCUT2D eigenvalue weighted by molar-refractivity contribution is 8.02. The van der Waals surface area contributed by atoms with E-state index in [1.807, 2.05) is 9.47 Å². The van der Waals surface area contributed by atoms with E-state index in [1.54, 1.807) is 0 Å². The predicted molar refractivity (Wildman–Crippen MR) is 122 cm³/mol. The topological polar surface area (TPSA) is 157 Å². The molecule has 5 unspecified atom stereocenters. The fourth-order valence-corrected chi connectivity index (χ4v) is 4.37. The molecule has 2 rings (SSSR count). The van der Waals surface area contributed by atoms with Crippen LogP contribution in [0.25, 0.3) is 0 Å². The van der Waals surface area contributed by atoms with E-state index in [1.165, 1.54) is 13.0 Å².